The van der Waals surface area contributed by atoms with Crippen LogP contribution in [-0.4, -0.2) is 28.0 Å². The Morgan fingerprint density at radius 1 is 1.06 bits per heavy atom. The summed E-state index contributed by atoms with van der Waals surface area (Å²) in [6.07, 6.45) is 16.6. The number of aromatic nitrogens is 4. The third kappa shape index (κ3) is 5.20. The quantitative estimate of drug-likeness (QED) is 0.424. The van der Waals surface area contributed by atoms with Crippen molar-refractivity contribution in [1.82, 2.24) is 19.9 Å². The first-order chi connectivity index (χ1) is 15.0. The fourth-order valence-corrected chi connectivity index (χ4v) is 7.50. The molecule has 0 atom stereocenters. The van der Waals surface area contributed by atoms with Gasteiger partial charge in [-0.2, -0.15) is 5.26 Å². The number of rotatable bonds is 3. The molecule has 5 nitrogen and oxygen atoms in total. The number of nitriles is 1. The molecule has 3 aromatic heterocycles. The predicted octanol–water partition coefficient (Wildman–Crippen LogP) is 7.29. The van der Waals surface area contributed by atoms with Gasteiger partial charge >= 0.3 is 0 Å². The average molecular weight is 436 g/mol. The lowest BCUT2D eigenvalue weighted by Gasteiger charge is -2.35. The summed E-state index contributed by atoms with van der Waals surface area (Å²) in [5, 5.41) is 9.49. The molecule has 2 aliphatic carbocycles. The molecule has 0 bridgehead atoms. The second-order valence-corrected chi connectivity index (χ2v) is 16.2. The summed E-state index contributed by atoms with van der Waals surface area (Å²) in [5.41, 5.74) is 4.03. The second-order valence-electron chi connectivity index (χ2n) is 10.7. The van der Waals surface area contributed by atoms with Crippen LogP contribution in [0, 0.1) is 17.2 Å². The topological polar surface area (TPSA) is 81.2 Å². The van der Waals surface area contributed by atoms with Crippen LogP contribution in [0.5, 0.6) is 0 Å². The van der Waals surface area contributed by atoms with Crippen LogP contribution >= 0.6 is 0 Å². The maximum absolute atomic E-state index is 8.37. The number of aromatic amines is 2. The zero-order chi connectivity index (χ0) is 21.8. The number of nitrogens with zero attached hydrogens (tertiary/aromatic N) is 3. The first-order valence-electron chi connectivity index (χ1n) is 12.1. The Kier molecular flexibility index (Phi) is 6.81. The van der Waals surface area contributed by atoms with Gasteiger partial charge in [0, 0.05) is 32.0 Å². The van der Waals surface area contributed by atoms with E-state index in [-0.39, 0.29) is 0 Å². The normalized spacial score (nSPS) is 22.8. The highest BCUT2D eigenvalue weighted by Gasteiger charge is 2.32. The number of hydrogen-bond acceptors (Lipinski definition) is 3. The van der Waals surface area contributed by atoms with Gasteiger partial charge in [0.1, 0.15) is 17.0 Å². The molecule has 0 radical (unpaired) electrons. The van der Waals surface area contributed by atoms with E-state index in [0.29, 0.717) is 5.92 Å². The molecule has 0 aromatic carbocycles. The number of H-pyrrole nitrogens is 2. The van der Waals surface area contributed by atoms with Crippen molar-refractivity contribution in [2.24, 2.45) is 5.92 Å². The molecule has 3 heterocycles. The zero-order valence-corrected chi connectivity index (χ0v) is 20.4. The van der Waals surface area contributed by atoms with Crippen molar-refractivity contribution in [1.29, 1.82) is 5.26 Å². The Bertz CT molecular complexity index is 1020. The highest BCUT2D eigenvalue weighted by atomic mass is 28.3. The summed E-state index contributed by atoms with van der Waals surface area (Å²) in [5.74, 6) is 2.50. The molecule has 2 N–H and O–H groups in total. The van der Waals surface area contributed by atoms with Crippen molar-refractivity contribution < 1.29 is 0 Å². The maximum Gasteiger partial charge on any atom is 0.139 e. The van der Waals surface area contributed by atoms with Crippen molar-refractivity contribution in [3.05, 3.63) is 24.3 Å². The van der Waals surface area contributed by atoms with Gasteiger partial charge in [0.15, 0.2) is 0 Å². The van der Waals surface area contributed by atoms with E-state index in [2.05, 4.69) is 46.7 Å². The van der Waals surface area contributed by atoms with E-state index >= 15 is 0 Å². The predicted molar refractivity (Wildman–Crippen MR) is 131 cm³/mol. The third-order valence-corrected chi connectivity index (χ3v) is 10.5. The van der Waals surface area contributed by atoms with Crippen LogP contribution in [0.2, 0.25) is 25.2 Å². The molecule has 0 aliphatic heterocycles. The van der Waals surface area contributed by atoms with Gasteiger partial charge in [0.05, 0.1) is 17.8 Å². The van der Waals surface area contributed by atoms with Crippen LogP contribution in [0.3, 0.4) is 0 Å². The van der Waals surface area contributed by atoms with Crippen molar-refractivity contribution >= 4 is 30.1 Å². The van der Waals surface area contributed by atoms with Gasteiger partial charge in [-0.25, -0.2) is 9.97 Å². The maximum atomic E-state index is 8.37. The number of hydrogen-bond donors (Lipinski definition) is 2. The highest BCUT2D eigenvalue weighted by molar-refractivity contribution is 6.77. The van der Waals surface area contributed by atoms with Gasteiger partial charge in [-0.05, 0) is 43.2 Å². The molecule has 31 heavy (non-hydrogen) atoms. The van der Waals surface area contributed by atoms with E-state index in [9.17, 15) is 0 Å². The molecule has 0 unspecified atom stereocenters. The third-order valence-electron chi connectivity index (χ3n) is 7.50. The summed E-state index contributed by atoms with van der Waals surface area (Å²) >= 11 is 0. The van der Waals surface area contributed by atoms with Crippen LogP contribution in [0.1, 0.15) is 76.0 Å². The lowest BCUT2D eigenvalue weighted by Crippen LogP contribution is -2.31. The van der Waals surface area contributed by atoms with Crippen molar-refractivity contribution in [3.8, 4) is 6.07 Å². The summed E-state index contributed by atoms with van der Waals surface area (Å²) in [6, 6.07) is 4.30. The largest absolute Gasteiger partial charge is 0.346 e. The van der Waals surface area contributed by atoms with Gasteiger partial charge in [0.25, 0.3) is 0 Å². The van der Waals surface area contributed by atoms with Crippen molar-refractivity contribution in [2.45, 2.75) is 95.3 Å². The summed E-state index contributed by atoms with van der Waals surface area (Å²) in [7, 11) is -0.991. The van der Waals surface area contributed by atoms with Crippen molar-refractivity contribution in [2.75, 3.05) is 0 Å². The summed E-state index contributed by atoms with van der Waals surface area (Å²) in [6.45, 7) is 7.52. The fourth-order valence-electron chi connectivity index (χ4n) is 5.44. The Labute approximate surface area is 187 Å². The zero-order valence-electron chi connectivity index (χ0n) is 19.4. The van der Waals surface area contributed by atoms with Crippen LogP contribution in [-0.2, 0) is 0 Å². The Morgan fingerprint density at radius 3 is 2.48 bits per heavy atom. The molecular formula is C25H37N5Si. The summed E-state index contributed by atoms with van der Waals surface area (Å²) in [4.78, 5) is 16.1. The second kappa shape index (κ2) is 9.56. The minimum Gasteiger partial charge on any atom is -0.346 e. The van der Waals surface area contributed by atoms with Crippen LogP contribution in [0.15, 0.2) is 18.5 Å². The SMILES string of the molecule is C[Si](C)(C)C1CCC(c2nc3c(cnc4[nH]ccc43)[nH]2)CC1.N#CCC1CCCCC1. The molecule has 2 fully saturated rings. The van der Waals surface area contributed by atoms with Gasteiger partial charge in [-0.1, -0.05) is 51.7 Å². The Hall–Kier alpha value is -2.13. The number of pyridine rings is 1. The summed E-state index contributed by atoms with van der Waals surface area (Å²) < 4.78 is 0. The molecule has 2 saturated carbocycles. The molecule has 0 spiro atoms. The fraction of sp³-hybridized carbons (Fsp3) is 0.640. The molecule has 6 heteroatoms. The van der Waals surface area contributed by atoms with Crippen molar-refractivity contribution in [3.63, 3.8) is 0 Å². The highest BCUT2D eigenvalue weighted by Crippen LogP contribution is 2.42. The van der Waals surface area contributed by atoms with E-state index in [1.54, 1.807) is 0 Å². The molecular weight excluding hydrogens is 398 g/mol. The van der Waals surface area contributed by atoms with Crippen LogP contribution in [0.25, 0.3) is 22.1 Å². The monoisotopic (exact) mass is 435 g/mol. The Morgan fingerprint density at radius 2 is 1.81 bits per heavy atom. The van der Waals surface area contributed by atoms with E-state index in [4.69, 9.17) is 10.2 Å². The lowest BCUT2D eigenvalue weighted by molar-refractivity contribution is 0.364. The molecule has 2 aliphatic rings. The number of imidazole rings is 1. The molecule has 5 rings (SSSR count). The van der Waals surface area contributed by atoms with Crippen LogP contribution in [0.4, 0.5) is 0 Å². The first-order valence-corrected chi connectivity index (χ1v) is 15.7. The van der Waals surface area contributed by atoms with E-state index in [0.717, 1.165) is 39.9 Å². The molecule has 166 valence electrons. The molecule has 0 amide bonds. The minimum atomic E-state index is -0.991. The Balaban J connectivity index is 0.000000217. The van der Waals surface area contributed by atoms with E-state index < -0.39 is 8.07 Å². The first kappa shape index (κ1) is 22.1. The smallest absolute Gasteiger partial charge is 0.139 e. The van der Waals surface area contributed by atoms with Crippen LogP contribution < -0.4 is 0 Å². The van der Waals surface area contributed by atoms with Gasteiger partial charge in [-0.3, -0.25) is 0 Å². The molecule has 3 aromatic rings. The van der Waals surface area contributed by atoms with Gasteiger partial charge in [-0.15, -0.1) is 0 Å². The van der Waals surface area contributed by atoms with Gasteiger partial charge < -0.3 is 9.97 Å². The standard InChI is InChI=1S/C17H24N4Si.C8H13N/c1-22(2,3)12-6-4-11(5-7-12)16-20-14-10-19-17-13(8-9-18-17)15(14)21-16;9-7-6-8-4-2-1-3-5-8/h8-12H,4-7H2,1-3H3,(H,18,19)(H,20,21);8H,1-6H2. The molecule has 0 saturated heterocycles. The number of nitrogens with one attached hydrogen (secondary N) is 2. The lowest BCUT2D eigenvalue weighted by atomic mass is 9.87. The van der Waals surface area contributed by atoms with E-state index in [1.165, 1.54) is 63.6 Å². The van der Waals surface area contributed by atoms with Gasteiger partial charge in [0.2, 0.25) is 0 Å². The van der Waals surface area contributed by atoms with E-state index in [1.807, 2.05) is 12.4 Å². The average Bonchev–Trinajstić information content (AvgIpc) is 3.41. The minimum absolute atomic E-state index is 0.592. The number of fused-ring (bicyclic) bond motifs is 3.